The number of fused-ring (bicyclic) bond motifs is 1. The van der Waals surface area contributed by atoms with Crippen molar-refractivity contribution in [2.45, 2.75) is 6.92 Å². The van der Waals surface area contributed by atoms with Gasteiger partial charge in [-0.3, -0.25) is 9.78 Å². The number of hydrogen-bond acceptors (Lipinski definition) is 3. The largest absolute Gasteiger partial charge is 0.398 e. The molecule has 1 aromatic carbocycles. The Bertz CT molecular complexity index is 590. The van der Waals surface area contributed by atoms with Crippen LogP contribution >= 0.6 is 0 Å². The average molecular weight is 229 g/mol. The van der Waals surface area contributed by atoms with E-state index in [1.54, 1.807) is 20.3 Å². The van der Waals surface area contributed by atoms with Crippen LogP contribution in [0.1, 0.15) is 16.1 Å². The molecule has 4 nitrogen and oxygen atoms in total. The van der Waals surface area contributed by atoms with Gasteiger partial charge >= 0.3 is 0 Å². The van der Waals surface area contributed by atoms with Crippen molar-refractivity contribution in [3.8, 4) is 0 Å². The van der Waals surface area contributed by atoms with E-state index in [0.717, 1.165) is 16.3 Å². The summed E-state index contributed by atoms with van der Waals surface area (Å²) in [6, 6.07) is 5.64. The van der Waals surface area contributed by atoms with Crippen LogP contribution in [0.15, 0.2) is 24.4 Å². The Hall–Kier alpha value is -2.10. The molecule has 0 aliphatic rings. The summed E-state index contributed by atoms with van der Waals surface area (Å²) in [7, 11) is 3.42. The third-order valence-corrected chi connectivity index (χ3v) is 2.81. The number of carbonyl (C=O) groups excluding carboxylic acids is 1. The lowest BCUT2D eigenvalue weighted by molar-refractivity contribution is 0.0824. The molecule has 0 aliphatic heterocycles. The van der Waals surface area contributed by atoms with Gasteiger partial charge in [0.15, 0.2) is 0 Å². The number of rotatable bonds is 1. The smallest absolute Gasteiger partial charge is 0.272 e. The van der Waals surface area contributed by atoms with E-state index < -0.39 is 0 Å². The number of aryl methyl sites for hydroxylation is 1. The predicted molar refractivity (Wildman–Crippen MR) is 68.9 cm³/mol. The fourth-order valence-electron chi connectivity index (χ4n) is 1.77. The van der Waals surface area contributed by atoms with Crippen LogP contribution in [0.25, 0.3) is 10.8 Å². The molecule has 0 bridgehead atoms. The highest BCUT2D eigenvalue weighted by Crippen LogP contribution is 2.26. The van der Waals surface area contributed by atoms with Crippen LogP contribution in [0.5, 0.6) is 0 Å². The molecular formula is C13H15N3O. The lowest BCUT2D eigenvalue weighted by Crippen LogP contribution is -2.23. The molecule has 1 heterocycles. The molecule has 1 aromatic heterocycles. The zero-order chi connectivity index (χ0) is 12.6. The van der Waals surface area contributed by atoms with Crippen LogP contribution in [0.2, 0.25) is 0 Å². The molecule has 0 radical (unpaired) electrons. The quantitative estimate of drug-likeness (QED) is 0.759. The van der Waals surface area contributed by atoms with Gasteiger partial charge in [-0.25, -0.2) is 0 Å². The summed E-state index contributed by atoms with van der Waals surface area (Å²) in [5, 5.41) is 1.68. The zero-order valence-corrected chi connectivity index (χ0v) is 10.2. The molecule has 2 rings (SSSR count). The number of nitrogen functional groups attached to an aromatic ring is 1. The number of anilines is 1. The molecule has 88 valence electrons. The van der Waals surface area contributed by atoms with Crippen molar-refractivity contribution in [3.05, 3.63) is 35.7 Å². The predicted octanol–water partition coefficient (Wildman–Crippen LogP) is 1.83. The molecule has 4 heteroatoms. The highest BCUT2D eigenvalue weighted by atomic mass is 16.2. The molecule has 1 amide bonds. The number of benzene rings is 1. The van der Waals surface area contributed by atoms with E-state index >= 15 is 0 Å². The van der Waals surface area contributed by atoms with Crippen LogP contribution in [0, 0.1) is 6.92 Å². The minimum atomic E-state index is -0.112. The maximum Gasteiger partial charge on any atom is 0.272 e. The van der Waals surface area contributed by atoms with Crippen LogP contribution in [-0.2, 0) is 0 Å². The standard InChI is InChI=1S/C13H15N3O/c1-8-4-5-10-9(11(8)14)6-7-15-12(10)13(17)16(2)3/h4-7H,14H2,1-3H3. The van der Waals surface area contributed by atoms with Gasteiger partial charge < -0.3 is 10.6 Å². The van der Waals surface area contributed by atoms with Crippen molar-refractivity contribution < 1.29 is 4.79 Å². The van der Waals surface area contributed by atoms with Gasteiger partial charge in [-0.05, 0) is 18.6 Å². The highest BCUT2D eigenvalue weighted by Gasteiger charge is 2.14. The Balaban J connectivity index is 2.75. The SMILES string of the molecule is Cc1ccc2c(C(=O)N(C)C)nccc2c1N. The molecule has 0 aliphatic carbocycles. The number of nitrogens with two attached hydrogens (primary N) is 1. The summed E-state index contributed by atoms with van der Waals surface area (Å²) >= 11 is 0. The Morgan fingerprint density at radius 1 is 1.24 bits per heavy atom. The lowest BCUT2D eigenvalue weighted by atomic mass is 10.0. The second-order valence-electron chi connectivity index (χ2n) is 4.25. The Kier molecular flexibility index (Phi) is 2.71. The Morgan fingerprint density at radius 2 is 1.94 bits per heavy atom. The highest BCUT2D eigenvalue weighted by molar-refractivity contribution is 6.08. The first-order chi connectivity index (χ1) is 8.02. The van der Waals surface area contributed by atoms with E-state index in [2.05, 4.69) is 4.98 Å². The molecule has 0 spiro atoms. The summed E-state index contributed by atoms with van der Waals surface area (Å²) in [5.41, 5.74) is 8.17. The Morgan fingerprint density at radius 3 is 2.59 bits per heavy atom. The monoisotopic (exact) mass is 229 g/mol. The second kappa shape index (κ2) is 4.05. The van der Waals surface area contributed by atoms with Crippen molar-refractivity contribution in [1.82, 2.24) is 9.88 Å². The van der Waals surface area contributed by atoms with Crippen LogP contribution in [0.4, 0.5) is 5.69 Å². The Labute approximate surface area is 100 Å². The number of nitrogens with zero attached hydrogens (tertiary/aromatic N) is 2. The number of aromatic nitrogens is 1. The summed E-state index contributed by atoms with van der Waals surface area (Å²) < 4.78 is 0. The van der Waals surface area contributed by atoms with Gasteiger partial charge in [-0.1, -0.05) is 12.1 Å². The van der Waals surface area contributed by atoms with E-state index in [0.29, 0.717) is 11.4 Å². The van der Waals surface area contributed by atoms with Gasteiger partial charge in [0.1, 0.15) is 5.69 Å². The average Bonchev–Trinajstić information content (AvgIpc) is 2.32. The van der Waals surface area contributed by atoms with E-state index in [1.165, 1.54) is 4.90 Å². The van der Waals surface area contributed by atoms with Gasteiger partial charge in [-0.15, -0.1) is 0 Å². The third kappa shape index (κ3) is 1.82. The van der Waals surface area contributed by atoms with Gasteiger partial charge in [0.2, 0.25) is 0 Å². The van der Waals surface area contributed by atoms with Crippen molar-refractivity contribution in [3.63, 3.8) is 0 Å². The van der Waals surface area contributed by atoms with Crippen LogP contribution < -0.4 is 5.73 Å². The van der Waals surface area contributed by atoms with Crippen molar-refractivity contribution in [2.75, 3.05) is 19.8 Å². The fraction of sp³-hybridized carbons (Fsp3) is 0.231. The lowest BCUT2D eigenvalue weighted by Gasteiger charge is -2.12. The molecule has 0 fully saturated rings. The molecule has 0 atom stereocenters. The summed E-state index contributed by atoms with van der Waals surface area (Å²) in [4.78, 5) is 17.6. The zero-order valence-electron chi connectivity index (χ0n) is 10.2. The molecular weight excluding hydrogens is 214 g/mol. The number of pyridine rings is 1. The maximum absolute atomic E-state index is 12.0. The van der Waals surface area contributed by atoms with Gasteiger partial charge in [0.05, 0.1) is 0 Å². The van der Waals surface area contributed by atoms with E-state index in [1.807, 2.05) is 25.1 Å². The number of carbonyl (C=O) groups is 1. The molecule has 0 unspecified atom stereocenters. The van der Waals surface area contributed by atoms with Crippen LogP contribution in [0.3, 0.4) is 0 Å². The summed E-state index contributed by atoms with van der Waals surface area (Å²) in [5.74, 6) is -0.112. The van der Waals surface area contributed by atoms with Gasteiger partial charge in [0.25, 0.3) is 5.91 Å². The van der Waals surface area contributed by atoms with E-state index in [4.69, 9.17) is 5.73 Å². The van der Waals surface area contributed by atoms with Crippen molar-refractivity contribution in [1.29, 1.82) is 0 Å². The van der Waals surface area contributed by atoms with E-state index in [-0.39, 0.29) is 5.91 Å². The topological polar surface area (TPSA) is 59.2 Å². The molecule has 2 aromatic rings. The second-order valence-corrected chi connectivity index (χ2v) is 4.25. The summed E-state index contributed by atoms with van der Waals surface area (Å²) in [6.45, 7) is 1.95. The summed E-state index contributed by atoms with van der Waals surface area (Å²) in [6.07, 6.45) is 1.62. The number of amides is 1. The molecule has 2 N–H and O–H groups in total. The third-order valence-electron chi connectivity index (χ3n) is 2.81. The van der Waals surface area contributed by atoms with Crippen molar-refractivity contribution >= 4 is 22.4 Å². The molecule has 17 heavy (non-hydrogen) atoms. The first-order valence-corrected chi connectivity index (χ1v) is 5.38. The van der Waals surface area contributed by atoms with Gasteiger partial charge in [-0.2, -0.15) is 0 Å². The maximum atomic E-state index is 12.0. The van der Waals surface area contributed by atoms with Gasteiger partial charge in [0, 0.05) is 36.8 Å². The minimum Gasteiger partial charge on any atom is -0.398 e. The normalized spacial score (nSPS) is 10.5. The fourth-order valence-corrected chi connectivity index (χ4v) is 1.77. The van der Waals surface area contributed by atoms with Crippen LogP contribution in [-0.4, -0.2) is 29.9 Å². The van der Waals surface area contributed by atoms with E-state index in [9.17, 15) is 4.79 Å². The van der Waals surface area contributed by atoms with Crippen molar-refractivity contribution in [2.24, 2.45) is 0 Å². The molecule has 0 saturated heterocycles. The molecule has 0 saturated carbocycles. The first-order valence-electron chi connectivity index (χ1n) is 5.38. The first kappa shape index (κ1) is 11.4. The minimum absolute atomic E-state index is 0.112. The number of hydrogen-bond donors (Lipinski definition) is 1.